The Bertz CT molecular complexity index is 372. The van der Waals surface area contributed by atoms with Crippen molar-refractivity contribution in [2.75, 3.05) is 5.43 Å². The maximum atomic E-state index is 10.4. The monoisotopic (exact) mass is 192 g/mol. The van der Waals surface area contributed by atoms with E-state index in [1.807, 2.05) is 31.2 Å². The molecule has 0 spiro atoms. The molecular formula is C10H12N2O2. The number of nitrogens with zero attached hydrogens (tertiary/aromatic N) is 1. The number of aliphatic carboxylic acids is 1. The van der Waals surface area contributed by atoms with E-state index in [0.717, 1.165) is 11.3 Å². The Morgan fingerprint density at radius 2 is 2.07 bits per heavy atom. The lowest BCUT2D eigenvalue weighted by atomic mass is 10.2. The third-order valence-corrected chi connectivity index (χ3v) is 1.80. The molecule has 0 radical (unpaired) electrons. The molecule has 0 saturated carbocycles. The summed E-state index contributed by atoms with van der Waals surface area (Å²) in [4.78, 5) is 10.4. The number of hydrogen-bond acceptors (Lipinski definition) is 3. The highest BCUT2D eigenvalue weighted by Gasteiger charge is 2.01. The number of carboxylic acids is 1. The highest BCUT2D eigenvalue weighted by molar-refractivity contribution is 6.34. The van der Waals surface area contributed by atoms with E-state index in [-0.39, 0.29) is 5.71 Å². The molecule has 4 nitrogen and oxygen atoms in total. The number of hydrogen-bond donors (Lipinski definition) is 2. The molecule has 0 heterocycles. The maximum absolute atomic E-state index is 10.4. The van der Waals surface area contributed by atoms with Crippen LogP contribution in [0.25, 0.3) is 0 Å². The number of aryl methyl sites for hydroxylation is 1. The van der Waals surface area contributed by atoms with Crippen LogP contribution in [-0.4, -0.2) is 16.8 Å². The molecule has 0 saturated heterocycles. The summed E-state index contributed by atoms with van der Waals surface area (Å²) in [6.07, 6.45) is 0. The van der Waals surface area contributed by atoms with Gasteiger partial charge in [-0.15, -0.1) is 0 Å². The molecular weight excluding hydrogens is 180 g/mol. The Morgan fingerprint density at radius 3 is 2.64 bits per heavy atom. The average Bonchev–Trinajstić information content (AvgIpc) is 2.16. The second kappa shape index (κ2) is 4.41. The average molecular weight is 192 g/mol. The minimum atomic E-state index is -1.02. The smallest absolute Gasteiger partial charge is 0.351 e. The van der Waals surface area contributed by atoms with E-state index in [4.69, 9.17) is 5.11 Å². The van der Waals surface area contributed by atoms with Gasteiger partial charge in [0.1, 0.15) is 5.71 Å². The van der Waals surface area contributed by atoms with Crippen molar-refractivity contribution in [3.05, 3.63) is 29.8 Å². The molecule has 74 valence electrons. The number of carboxylic acid groups (broad SMARTS) is 1. The molecule has 4 heteroatoms. The van der Waals surface area contributed by atoms with Gasteiger partial charge in [0, 0.05) is 0 Å². The predicted molar refractivity (Wildman–Crippen MR) is 55.5 cm³/mol. The van der Waals surface area contributed by atoms with E-state index in [1.54, 1.807) is 0 Å². The summed E-state index contributed by atoms with van der Waals surface area (Å²) < 4.78 is 0. The van der Waals surface area contributed by atoms with Gasteiger partial charge in [0.05, 0.1) is 5.69 Å². The van der Waals surface area contributed by atoms with Crippen LogP contribution in [0.2, 0.25) is 0 Å². The zero-order valence-corrected chi connectivity index (χ0v) is 8.11. The van der Waals surface area contributed by atoms with Gasteiger partial charge in [0.15, 0.2) is 0 Å². The van der Waals surface area contributed by atoms with E-state index in [0.29, 0.717) is 0 Å². The van der Waals surface area contributed by atoms with Crippen molar-refractivity contribution in [2.45, 2.75) is 13.8 Å². The first-order valence-electron chi connectivity index (χ1n) is 4.20. The van der Waals surface area contributed by atoms with Crippen molar-refractivity contribution in [2.24, 2.45) is 5.10 Å². The second-order valence-electron chi connectivity index (χ2n) is 2.93. The van der Waals surface area contributed by atoms with Crippen LogP contribution in [0, 0.1) is 6.92 Å². The minimum Gasteiger partial charge on any atom is -0.477 e. The normalized spacial score (nSPS) is 11.1. The number of nitrogens with one attached hydrogen (secondary N) is 1. The summed E-state index contributed by atoms with van der Waals surface area (Å²) >= 11 is 0. The molecule has 0 aromatic heterocycles. The number of rotatable bonds is 3. The first-order valence-corrected chi connectivity index (χ1v) is 4.20. The first kappa shape index (κ1) is 10.2. The van der Waals surface area contributed by atoms with Crippen LogP contribution in [0.15, 0.2) is 29.4 Å². The fourth-order valence-electron chi connectivity index (χ4n) is 0.890. The number of para-hydroxylation sites is 1. The van der Waals surface area contributed by atoms with Crippen LogP contribution in [-0.2, 0) is 4.79 Å². The maximum Gasteiger partial charge on any atom is 0.351 e. The summed E-state index contributed by atoms with van der Waals surface area (Å²) in [5, 5.41) is 12.3. The predicted octanol–water partition coefficient (Wildman–Crippen LogP) is 1.87. The largest absolute Gasteiger partial charge is 0.477 e. The standard InChI is InChI=1S/C10H12N2O2/c1-7-5-3-4-6-9(7)12-11-8(2)10(13)14/h3-6,12H,1-2H3,(H,13,14). The number of carbonyl (C=O) groups is 1. The van der Waals surface area contributed by atoms with Crippen LogP contribution in [0.4, 0.5) is 5.69 Å². The van der Waals surface area contributed by atoms with Gasteiger partial charge in [-0.25, -0.2) is 4.79 Å². The van der Waals surface area contributed by atoms with Crippen molar-refractivity contribution < 1.29 is 9.90 Å². The van der Waals surface area contributed by atoms with Crippen LogP contribution in [0.1, 0.15) is 12.5 Å². The van der Waals surface area contributed by atoms with Gasteiger partial charge >= 0.3 is 5.97 Å². The van der Waals surface area contributed by atoms with Gasteiger partial charge in [0.2, 0.25) is 0 Å². The van der Waals surface area contributed by atoms with E-state index in [9.17, 15) is 4.79 Å². The zero-order chi connectivity index (χ0) is 10.6. The third-order valence-electron chi connectivity index (χ3n) is 1.80. The molecule has 0 aliphatic heterocycles. The molecule has 0 fully saturated rings. The quantitative estimate of drug-likeness (QED) is 0.567. The Hall–Kier alpha value is -1.84. The van der Waals surface area contributed by atoms with Crippen molar-refractivity contribution in [1.29, 1.82) is 0 Å². The van der Waals surface area contributed by atoms with Crippen LogP contribution < -0.4 is 5.43 Å². The van der Waals surface area contributed by atoms with Crippen molar-refractivity contribution >= 4 is 17.4 Å². The summed E-state index contributed by atoms with van der Waals surface area (Å²) in [7, 11) is 0. The Labute approximate surface area is 82.3 Å². The lowest BCUT2D eigenvalue weighted by Crippen LogP contribution is -2.10. The first-order chi connectivity index (χ1) is 6.61. The van der Waals surface area contributed by atoms with Crippen molar-refractivity contribution in [3.63, 3.8) is 0 Å². The SMILES string of the molecule is CC(=NNc1ccccc1C)C(=O)O. The highest BCUT2D eigenvalue weighted by atomic mass is 16.4. The van der Waals surface area contributed by atoms with Gasteiger partial charge in [-0.2, -0.15) is 5.10 Å². The van der Waals surface area contributed by atoms with Crippen LogP contribution >= 0.6 is 0 Å². The Balaban J connectivity index is 2.76. The van der Waals surface area contributed by atoms with Crippen LogP contribution in [0.5, 0.6) is 0 Å². The molecule has 0 amide bonds. The fraction of sp³-hybridized carbons (Fsp3) is 0.200. The van der Waals surface area contributed by atoms with Crippen molar-refractivity contribution in [1.82, 2.24) is 0 Å². The lowest BCUT2D eigenvalue weighted by Gasteiger charge is -2.03. The van der Waals surface area contributed by atoms with E-state index in [1.165, 1.54) is 6.92 Å². The number of anilines is 1. The topological polar surface area (TPSA) is 61.7 Å². The van der Waals surface area contributed by atoms with E-state index in [2.05, 4.69) is 10.5 Å². The molecule has 1 aromatic carbocycles. The molecule has 1 rings (SSSR count). The fourth-order valence-corrected chi connectivity index (χ4v) is 0.890. The summed E-state index contributed by atoms with van der Waals surface area (Å²) in [5.41, 5.74) is 4.57. The minimum absolute atomic E-state index is 0.0354. The number of hydrazone groups is 1. The van der Waals surface area contributed by atoms with Crippen LogP contribution in [0.3, 0.4) is 0 Å². The number of benzene rings is 1. The molecule has 2 N–H and O–H groups in total. The summed E-state index contributed by atoms with van der Waals surface area (Å²) in [6, 6.07) is 7.54. The summed E-state index contributed by atoms with van der Waals surface area (Å²) in [6.45, 7) is 3.36. The van der Waals surface area contributed by atoms with Crippen molar-refractivity contribution in [3.8, 4) is 0 Å². The van der Waals surface area contributed by atoms with E-state index >= 15 is 0 Å². The zero-order valence-electron chi connectivity index (χ0n) is 8.11. The highest BCUT2D eigenvalue weighted by Crippen LogP contribution is 2.12. The second-order valence-corrected chi connectivity index (χ2v) is 2.93. The van der Waals surface area contributed by atoms with Gasteiger partial charge in [-0.1, -0.05) is 18.2 Å². The molecule has 0 atom stereocenters. The van der Waals surface area contributed by atoms with E-state index < -0.39 is 5.97 Å². The van der Waals surface area contributed by atoms with Gasteiger partial charge in [0.25, 0.3) is 0 Å². The molecule has 0 unspecified atom stereocenters. The lowest BCUT2D eigenvalue weighted by molar-refractivity contribution is -0.129. The van der Waals surface area contributed by atoms with Gasteiger partial charge in [-0.3, -0.25) is 5.43 Å². The molecule has 0 bridgehead atoms. The Morgan fingerprint density at radius 1 is 1.43 bits per heavy atom. The molecule has 0 aliphatic rings. The molecule has 14 heavy (non-hydrogen) atoms. The van der Waals surface area contributed by atoms with Gasteiger partial charge < -0.3 is 5.11 Å². The van der Waals surface area contributed by atoms with Gasteiger partial charge in [-0.05, 0) is 25.5 Å². The molecule has 0 aliphatic carbocycles. The Kier molecular flexibility index (Phi) is 3.23. The third kappa shape index (κ3) is 2.58. The summed E-state index contributed by atoms with van der Waals surface area (Å²) in [5.74, 6) is -1.02. The molecule has 1 aromatic rings.